The summed E-state index contributed by atoms with van der Waals surface area (Å²) < 4.78 is 0. The number of likely N-dealkylation sites (tertiary alicyclic amines) is 1. The highest BCUT2D eigenvalue weighted by molar-refractivity contribution is 7.11. The summed E-state index contributed by atoms with van der Waals surface area (Å²) in [5.41, 5.74) is 0. The van der Waals surface area contributed by atoms with Crippen LogP contribution in [-0.4, -0.2) is 35.6 Å². The Hall–Kier alpha value is -0.450. The fraction of sp³-hybridized carbons (Fsp3) is 0.812. The Morgan fingerprint density at radius 2 is 2.35 bits per heavy atom. The summed E-state index contributed by atoms with van der Waals surface area (Å²) in [7, 11) is 0. The van der Waals surface area contributed by atoms with Crippen molar-refractivity contribution in [3.8, 4) is 0 Å². The van der Waals surface area contributed by atoms with E-state index in [-0.39, 0.29) is 0 Å². The standard InChI is InChI=1S/C16H29N3S/c1-4-8-19-9-6-7-14(12-19)13(3)17-11-16-18-10-15(5-2)20-16/h10,13-14,17H,4-9,11-12H2,1-3H3. The minimum absolute atomic E-state index is 0.587. The molecular formula is C16H29N3S. The molecule has 1 saturated heterocycles. The van der Waals surface area contributed by atoms with Crippen LogP contribution < -0.4 is 5.32 Å². The minimum atomic E-state index is 0.587. The number of nitrogens with zero attached hydrogens (tertiary/aromatic N) is 2. The Kier molecular flexibility index (Phi) is 6.46. The maximum absolute atomic E-state index is 4.49. The van der Waals surface area contributed by atoms with Crippen molar-refractivity contribution in [1.29, 1.82) is 0 Å². The Bertz CT molecular complexity index is 389. The number of aryl methyl sites for hydroxylation is 1. The first-order valence-corrected chi connectivity index (χ1v) is 8.93. The van der Waals surface area contributed by atoms with Crippen LogP contribution in [0.1, 0.15) is 49.9 Å². The highest BCUT2D eigenvalue weighted by Crippen LogP contribution is 2.20. The third kappa shape index (κ3) is 4.54. The van der Waals surface area contributed by atoms with Crippen LogP contribution in [0.4, 0.5) is 0 Å². The van der Waals surface area contributed by atoms with Crippen molar-refractivity contribution in [1.82, 2.24) is 15.2 Å². The molecule has 0 amide bonds. The Morgan fingerprint density at radius 1 is 1.50 bits per heavy atom. The molecule has 4 heteroatoms. The van der Waals surface area contributed by atoms with Crippen molar-refractivity contribution in [2.75, 3.05) is 19.6 Å². The maximum atomic E-state index is 4.49. The Balaban J connectivity index is 1.77. The van der Waals surface area contributed by atoms with E-state index in [4.69, 9.17) is 0 Å². The van der Waals surface area contributed by atoms with Gasteiger partial charge < -0.3 is 10.2 Å². The third-order valence-corrected chi connectivity index (χ3v) is 5.46. The van der Waals surface area contributed by atoms with E-state index in [1.807, 2.05) is 17.5 Å². The highest BCUT2D eigenvalue weighted by Gasteiger charge is 2.23. The molecule has 0 radical (unpaired) electrons. The number of nitrogens with one attached hydrogen (secondary N) is 1. The first-order chi connectivity index (χ1) is 9.72. The monoisotopic (exact) mass is 295 g/mol. The predicted octanol–water partition coefficient (Wildman–Crippen LogP) is 3.31. The van der Waals surface area contributed by atoms with Gasteiger partial charge in [-0.15, -0.1) is 11.3 Å². The molecule has 0 saturated carbocycles. The van der Waals surface area contributed by atoms with Crippen LogP contribution in [0.3, 0.4) is 0 Å². The van der Waals surface area contributed by atoms with Crippen molar-refractivity contribution < 1.29 is 0 Å². The molecule has 1 aliphatic heterocycles. The van der Waals surface area contributed by atoms with Gasteiger partial charge in [0, 0.05) is 30.2 Å². The van der Waals surface area contributed by atoms with Crippen LogP contribution in [0, 0.1) is 5.92 Å². The van der Waals surface area contributed by atoms with Gasteiger partial charge in [-0.2, -0.15) is 0 Å². The third-order valence-electron chi connectivity index (χ3n) is 4.31. The van der Waals surface area contributed by atoms with E-state index in [2.05, 4.69) is 36.0 Å². The number of thiazole rings is 1. The molecule has 20 heavy (non-hydrogen) atoms. The SMILES string of the molecule is CCCN1CCCC(C(C)NCc2ncc(CC)s2)C1. The van der Waals surface area contributed by atoms with Crippen molar-refractivity contribution in [3.63, 3.8) is 0 Å². The summed E-state index contributed by atoms with van der Waals surface area (Å²) in [5, 5.41) is 4.92. The number of rotatable bonds is 7. The van der Waals surface area contributed by atoms with Crippen LogP contribution >= 0.6 is 11.3 Å². The lowest BCUT2D eigenvalue weighted by Gasteiger charge is -2.36. The number of hydrogen-bond donors (Lipinski definition) is 1. The molecule has 2 atom stereocenters. The van der Waals surface area contributed by atoms with Gasteiger partial charge in [-0.25, -0.2) is 4.98 Å². The quantitative estimate of drug-likeness (QED) is 0.836. The largest absolute Gasteiger partial charge is 0.308 e. The topological polar surface area (TPSA) is 28.2 Å². The molecule has 1 N–H and O–H groups in total. The van der Waals surface area contributed by atoms with Crippen molar-refractivity contribution in [3.05, 3.63) is 16.1 Å². The van der Waals surface area contributed by atoms with Gasteiger partial charge in [0.2, 0.25) is 0 Å². The minimum Gasteiger partial charge on any atom is -0.308 e. The molecule has 0 bridgehead atoms. The van der Waals surface area contributed by atoms with Gasteiger partial charge in [-0.1, -0.05) is 13.8 Å². The van der Waals surface area contributed by atoms with Crippen LogP contribution in [0.25, 0.3) is 0 Å². The molecule has 2 unspecified atom stereocenters. The first kappa shape index (κ1) is 15.9. The van der Waals surface area contributed by atoms with E-state index in [1.165, 1.54) is 48.8 Å². The van der Waals surface area contributed by atoms with Crippen LogP contribution in [0.2, 0.25) is 0 Å². The second-order valence-corrected chi connectivity index (χ2v) is 7.15. The zero-order valence-corrected chi connectivity index (χ0v) is 14.0. The second-order valence-electron chi connectivity index (χ2n) is 5.95. The van der Waals surface area contributed by atoms with E-state index in [0.29, 0.717) is 6.04 Å². The summed E-state index contributed by atoms with van der Waals surface area (Å²) >= 11 is 1.85. The lowest BCUT2D eigenvalue weighted by atomic mass is 9.91. The number of hydrogen-bond acceptors (Lipinski definition) is 4. The number of aromatic nitrogens is 1. The first-order valence-electron chi connectivity index (χ1n) is 8.12. The molecule has 2 heterocycles. The Morgan fingerprint density at radius 3 is 3.05 bits per heavy atom. The van der Waals surface area contributed by atoms with Crippen LogP contribution in [-0.2, 0) is 13.0 Å². The van der Waals surface area contributed by atoms with E-state index in [9.17, 15) is 0 Å². The zero-order valence-electron chi connectivity index (χ0n) is 13.2. The van der Waals surface area contributed by atoms with Crippen LogP contribution in [0.15, 0.2) is 6.20 Å². The normalized spacial score (nSPS) is 22.1. The second kappa shape index (κ2) is 8.11. The fourth-order valence-corrected chi connectivity index (χ4v) is 3.84. The van der Waals surface area contributed by atoms with E-state index < -0.39 is 0 Å². The van der Waals surface area contributed by atoms with Crippen molar-refractivity contribution in [2.24, 2.45) is 5.92 Å². The van der Waals surface area contributed by atoms with Gasteiger partial charge in [0.15, 0.2) is 0 Å². The van der Waals surface area contributed by atoms with Gasteiger partial charge in [0.1, 0.15) is 5.01 Å². The average Bonchev–Trinajstić information content (AvgIpc) is 2.93. The van der Waals surface area contributed by atoms with E-state index >= 15 is 0 Å². The van der Waals surface area contributed by atoms with Gasteiger partial charge in [-0.3, -0.25) is 0 Å². The molecule has 0 aliphatic carbocycles. The van der Waals surface area contributed by atoms with Crippen molar-refractivity contribution in [2.45, 2.75) is 59.0 Å². The highest BCUT2D eigenvalue weighted by atomic mass is 32.1. The lowest BCUT2D eigenvalue weighted by molar-refractivity contribution is 0.150. The van der Waals surface area contributed by atoms with E-state index in [0.717, 1.165) is 18.9 Å². The Labute approximate surface area is 127 Å². The summed E-state index contributed by atoms with van der Waals surface area (Å²) in [6.45, 7) is 11.6. The molecular weight excluding hydrogens is 266 g/mol. The number of piperidine rings is 1. The van der Waals surface area contributed by atoms with Gasteiger partial charge in [0.05, 0.1) is 0 Å². The molecule has 1 aromatic rings. The summed E-state index contributed by atoms with van der Waals surface area (Å²) in [6.07, 6.45) is 7.12. The zero-order chi connectivity index (χ0) is 14.4. The molecule has 114 valence electrons. The molecule has 0 aromatic carbocycles. The van der Waals surface area contributed by atoms with Crippen LogP contribution in [0.5, 0.6) is 0 Å². The summed E-state index contributed by atoms with van der Waals surface area (Å²) in [5.74, 6) is 0.793. The van der Waals surface area contributed by atoms with Gasteiger partial charge >= 0.3 is 0 Å². The fourth-order valence-electron chi connectivity index (χ4n) is 3.03. The lowest BCUT2D eigenvalue weighted by Crippen LogP contribution is -2.44. The molecule has 3 nitrogen and oxygen atoms in total. The molecule has 1 aromatic heterocycles. The predicted molar refractivity (Wildman–Crippen MR) is 87.2 cm³/mol. The molecule has 1 fully saturated rings. The maximum Gasteiger partial charge on any atom is 0.107 e. The summed E-state index contributed by atoms with van der Waals surface area (Å²) in [6, 6.07) is 0.587. The van der Waals surface area contributed by atoms with E-state index in [1.54, 1.807) is 0 Å². The molecule has 0 spiro atoms. The summed E-state index contributed by atoms with van der Waals surface area (Å²) in [4.78, 5) is 8.51. The van der Waals surface area contributed by atoms with Crippen molar-refractivity contribution >= 4 is 11.3 Å². The molecule has 1 aliphatic rings. The smallest absolute Gasteiger partial charge is 0.107 e. The van der Waals surface area contributed by atoms with Gasteiger partial charge in [-0.05, 0) is 51.6 Å². The average molecular weight is 295 g/mol. The van der Waals surface area contributed by atoms with Gasteiger partial charge in [0.25, 0.3) is 0 Å². The molecule has 2 rings (SSSR count).